The van der Waals surface area contributed by atoms with Crippen molar-refractivity contribution >= 4 is 0 Å². The zero-order chi connectivity index (χ0) is 17.7. The highest BCUT2D eigenvalue weighted by atomic mass is 19.1. The quantitative estimate of drug-likeness (QED) is 0.904. The number of hydrogen-bond donors (Lipinski definition) is 1. The first-order chi connectivity index (χ1) is 11.9. The second kappa shape index (κ2) is 6.16. The molecule has 2 unspecified atom stereocenters. The molecule has 1 fully saturated rings. The molecule has 0 aliphatic carbocycles. The van der Waals surface area contributed by atoms with Gasteiger partial charge in [-0.1, -0.05) is 0 Å². The van der Waals surface area contributed by atoms with Gasteiger partial charge in [-0.05, 0) is 31.5 Å². The molecule has 0 amide bonds. The number of hydrogen-bond acceptors (Lipinski definition) is 4. The van der Waals surface area contributed by atoms with E-state index in [1.54, 1.807) is 0 Å². The maximum absolute atomic E-state index is 14.0. The molecule has 3 heterocycles. The van der Waals surface area contributed by atoms with Gasteiger partial charge in [0, 0.05) is 37.8 Å². The lowest BCUT2D eigenvalue weighted by Gasteiger charge is -2.38. The van der Waals surface area contributed by atoms with Gasteiger partial charge in [-0.25, -0.2) is 13.8 Å². The molecule has 2 aliphatic heterocycles. The summed E-state index contributed by atoms with van der Waals surface area (Å²) >= 11 is 0. The average molecular weight is 348 g/mol. The summed E-state index contributed by atoms with van der Waals surface area (Å²) in [6.07, 6.45) is 0.0606. The van der Waals surface area contributed by atoms with Gasteiger partial charge in [0.2, 0.25) is 0 Å². The average Bonchev–Trinajstić information content (AvgIpc) is 3.10. The Morgan fingerprint density at radius 2 is 2.08 bits per heavy atom. The fourth-order valence-corrected chi connectivity index (χ4v) is 3.90. The van der Waals surface area contributed by atoms with E-state index in [1.807, 2.05) is 14.0 Å². The first-order valence-electron chi connectivity index (χ1n) is 8.51. The number of fused-ring (bicyclic) bond motifs is 1. The maximum Gasteiger partial charge on any atom is 0.129 e. The van der Waals surface area contributed by atoms with E-state index in [1.165, 1.54) is 11.8 Å². The van der Waals surface area contributed by atoms with E-state index in [0.717, 1.165) is 36.7 Å². The Kier molecular flexibility index (Phi) is 4.10. The van der Waals surface area contributed by atoms with Crippen LogP contribution in [0.25, 0.3) is 0 Å². The fraction of sp³-hybridized carbons (Fsp3) is 0.500. The van der Waals surface area contributed by atoms with Gasteiger partial charge in [-0.3, -0.25) is 4.90 Å². The van der Waals surface area contributed by atoms with Gasteiger partial charge < -0.3 is 15.0 Å². The van der Waals surface area contributed by atoms with E-state index in [0.29, 0.717) is 13.0 Å². The summed E-state index contributed by atoms with van der Waals surface area (Å²) in [5, 5.41) is 0. The number of aromatic nitrogens is 2. The van der Waals surface area contributed by atoms with Crippen molar-refractivity contribution < 1.29 is 13.5 Å². The van der Waals surface area contributed by atoms with Gasteiger partial charge in [0.05, 0.1) is 18.0 Å². The zero-order valence-corrected chi connectivity index (χ0v) is 14.4. The Morgan fingerprint density at radius 3 is 2.80 bits per heavy atom. The normalized spacial score (nSPS) is 26.8. The van der Waals surface area contributed by atoms with E-state index in [-0.39, 0.29) is 17.6 Å². The Morgan fingerprint density at radius 1 is 1.28 bits per heavy atom. The molecule has 7 heteroatoms. The summed E-state index contributed by atoms with van der Waals surface area (Å²) in [4.78, 5) is 6.90. The summed E-state index contributed by atoms with van der Waals surface area (Å²) in [6, 6.07) is 3.18. The van der Waals surface area contributed by atoms with Crippen molar-refractivity contribution in [3.05, 3.63) is 52.6 Å². The Balaban J connectivity index is 1.46. The lowest BCUT2D eigenvalue weighted by atomic mass is 9.93. The molecule has 0 saturated carbocycles. The largest absolute Gasteiger partial charge is 0.370 e. The van der Waals surface area contributed by atoms with Crippen LogP contribution in [0.2, 0.25) is 0 Å². The fourth-order valence-electron chi connectivity index (χ4n) is 3.90. The van der Waals surface area contributed by atoms with E-state index in [9.17, 15) is 8.78 Å². The van der Waals surface area contributed by atoms with E-state index < -0.39 is 17.7 Å². The smallest absolute Gasteiger partial charge is 0.129 e. The number of halogens is 2. The van der Waals surface area contributed by atoms with Gasteiger partial charge >= 0.3 is 0 Å². The van der Waals surface area contributed by atoms with Crippen molar-refractivity contribution in [1.29, 1.82) is 0 Å². The van der Waals surface area contributed by atoms with Gasteiger partial charge in [0.15, 0.2) is 0 Å². The number of nitrogens with two attached hydrogens (primary N) is 1. The minimum absolute atomic E-state index is 0.150. The minimum Gasteiger partial charge on any atom is -0.370 e. The van der Waals surface area contributed by atoms with Crippen LogP contribution in [0.15, 0.2) is 18.2 Å². The molecule has 1 aromatic carbocycles. The van der Waals surface area contributed by atoms with Crippen LogP contribution < -0.4 is 5.73 Å². The molecule has 2 aliphatic rings. The molecule has 25 heavy (non-hydrogen) atoms. The van der Waals surface area contributed by atoms with E-state index in [4.69, 9.17) is 10.5 Å². The summed E-state index contributed by atoms with van der Waals surface area (Å²) in [5.74, 6) is 0.0576. The molecular formula is C18H22F2N4O. The number of benzene rings is 1. The lowest BCUT2D eigenvalue weighted by molar-refractivity contribution is -0.0535. The molecule has 0 bridgehead atoms. The van der Waals surface area contributed by atoms with Gasteiger partial charge in [0.25, 0.3) is 0 Å². The van der Waals surface area contributed by atoms with Crippen molar-refractivity contribution in [3.8, 4) is 0 Å². The van der Waals surface area contributed by atoms with Crippen LogP contribution in [0.3, 0.4) is 0 Å². The van der Waals surface area contributed by atoms with Crippen LogP contribution in [0.1, 0.15) is 35.3 Å². The second-order valence-electron chi connectivity index (χ2n) is 6.99. The molecule has 0 spiro atoms. The van der Waals surface area contributed by atoms with Crippen molar-refractivity contribution in [2.45, 2.75) is 44.6 Å². The van der Waals surface area contributed by atoms with Crippen molar-refractivity contribution in [3.63, 3.8) is 0 Å². The van der Waals surface area contributed by atoms with Crippen LogP contribution in [0.5, 0.6) is 0 Å². The predicted octanol–water partition coefficient (Wildman–Crippen LogP) is 2.18. The second-order valence-corrected chi connectivity index (χ2v) is 6.99. The van der Waals surface area contributed by atoms with E-state index >= 15 is 0 Å². The number of aryl methyl sites for hydroxylation is 1. The third kappa shape index (κ3) is 2.86. The molecule has 1 aromatic heterocycles. The number of rotatable bonds is 2. The third-order valence-electron chi connectivity index (χ3n) is 5.41. The van der Waals surface area contributed by atoms with Gasteiger partial charge in [-0.15, -0.1) is 0 Å². The van der Waals surface area contributed by atoms with Gasteiger partial charge in [-0.2, -0.15) is 0 Å². The van der Waals surface area contributed by atoms with Crippen LogP contribution in [-0.2, 0) is 24.9 Å². The lowest BCUT2D eigenvalue weighted by Crippen LogP contribution is -2.47. The maximum atomic E-state index is 14.0. The summed E-state index contributed by atoms with van der Waals surface area (Å²) in [5.41, 5.74) is 8.79. The first kappa shape index (κ1) is 16.6. The molecule has 134 valence electrons. The monoisotopic (exact) mass is 348 g/mol. The molecule has 5 nitrogen and oxygen atoms in total. The highest BCUT2D eigenvalue weighted by Gasteiger charge is 2.37. The summed E-state index contributed by atoms with van der Waals surface area (Å²) < 4.78 is 35.5. The van der Waals surface area contributed by atoms with Crippen molar-refractivity contribution in [1.82, 2.24) is 14.5 Å². The SMILES string of the molecule is Cc1nc2c(n1C)CN(C1CO[C@H](c3cc(F)ccc3F)C(N)C1)C2. The zero-order valence-electron chi connectivity index (χ0n) is 14.4. The number of nitrogens with zero attached hydrogens (tertiary/aromatic N) is 3. The highest BCUT2D eigenvalue weighted by Crippen LogP contribution is 2.34. The number of imidazole rings is 1. The van der Waals surface area contributed by atoms with Crippen LogP contribution in [0.4, 0.5) is 8.78 Å². The Labute approximate surface area is 145 Å². The molecule has 3 atom stereocenters. The molecule has 1 saturated heterocycles. The van der Waals surface area contributed by atoms with Crippen LogP contribution in [-0.4, -0.2) is 33.1 Å². The molecule has 2 aromatic rings. The molecule has 2 N–H and O–H groups in total. The van der Waals surface area contributed by atoms with Gasteiger partial charge in [0.1, 0.15) is 23.6 Å². The Hall–Kier alpha value is -1.83. The van der Waals surface area contributed by atoms with E-state index in [2.05, 4.69) is 14.5 Å². The third-order valence-corrected chi connectivity index (χ3v) is 5.41. The number of ether oxygens (including phenoxy) is 1. The summed E-state index contributed by atoms with van der Waals surface area (Å²) in [7, 11) is 2.02. The first-order valence-corrected chi connectivity index (χ1v) is 8.51. The van der Waals surface area contributed by atoms with Crippen molar-refractivity contribution in [2.75, 3.05) is 6.61 Å². The molecular weight excluding hydrogens is 326 g/mol. The Bertz CT molecular complexity index is 807. The van der Waals surface area contributed by atoms with Crippen LogP contribution in [0, 0.1) is 18.6 Å². The van der Waals surface area contributed by atoms with Crippen molar-refractivity contribution in [2.24, 2.45) is 12.8 Å². The standard InChI is InChI=1S/C18H22F2N4O/c1-10-22-16-7-24(8-17(16)23(10)2)12-6-15(21)18(25-9-12)13-5-11(19)3-4-14(13)20/h3-5,12,15,18H,6-9,21H2,1-2H3/t12?,15?,18-/m1/s1. The minimum atomic E-state index is -0.614. The highest BCUT2D eigenvalue weighted by molar-refractivity contribution is 5.24. The molecule has 0 radical (unpaired) electrons. The van der Waals surface area contributed by atoms with Crippen LogP contribution >= 0.6 is 0 Å². The predicted molar refractivity (Wildman–Crippen MR) is 88.6 cm³/mol. The topological polar surface area (TPSA) is 56.3 Å². The summed E-state index contributed by atoms with van der Waals surface area (Å²) in [6.45, 7) is 4.03. The molecule has 4 rings (SSSR count).